The van der Waals surface area contributed by atoms with Crippen molar-refractivity contribution in [3.05, 3.63) is 35.4 Å². The average molecular weight is 532 g/mol. The van der Waals surface area contributed by atoms with E-state index in [2.05, 4.69) is 26.8 Å². The van der Waals surface area contributed by atoms with Crippen molar-refractivity contribution in [3.63, 3.8) is 0 Å². The van der Waals surface area contributed by atoms with Gasteiger partial charge in [-0.05, 0) is 56.2 Å². The van der Waals surface area contributed by atoms with Crippen LogP contribution in [-0.2, 0) is 9.53 Å². The van der Waals surface area contributed by atoms with Gasteiger partial charge in [0.15, 0.2) is 0 Å². The van der Waals surface area contributed by atoms with Gasteiger partial charge in [0.2, 0.25) is 0 Å². The molecule has 218 valence electrons. The fraction of sp³-hybridized carbons (Fsp3) is 0.727. The Hall–Kier alpha value is -2.35. The summed E-state index contributed by atoms with van der Waals surface area (Å²) >= 11 is 0. The monoisotopic (exact) mass is 531 g/mol. The van der Waals surface area contributed by atoms with Crippen molar-refractivity contribution in [2.45, 2.75) is 138 Å². The third kappa shape index (κ3) is 21.7. The molecule has 5 heteroatoms. The number of rotatable bonds is 17. The zero-order valence-electron chi connectivity index (χ0n) is 25.6. The van der Waals surface area contributed by atoms with E-state index in [0.717, 1.165) is 25.7 Å². The molecule has 38 heavy (non-hydrogen) atoms. The number of aromatic carboxylic acids is 1. The smallest absolute Gasteiger partial charge is 0.335 e. The van der Waals surface area contributed by atoms with Gasteiger partial charge in [0.05, 0.1) is 24.2 Å². The topological polar surface area (TPSA) is 87.4 Å². The highest BCUT2D eigenvalue weighted by molar-refractivity contribution is 5.87. The number of benzene rings is 1. The summed E-state index contributed by atoms with van der Waals surface area (Å²) in [6.45, 7) is 15.0. The van der Waals surface area contributed by atoms with Crippen molar-refractivity contribution in [3.8, 4) is 6.07 Å². The highest BCUT2D eigenvalue weighted by Crippen LogP contribution is 2.18. The number of carbonyl (C=O) groups excluding carboxylic acids is 1. The van der Waals surface area contributed by atoms with E-state index in [4.69, 9.17) is 15.1 Å². The second-order valence-electron chi connectivity index (χ2n) is 10.3. The van der Waals surface area contributed by atoms with Gasteiger partial charge in [-0.2, -0.15) is 5.26 Å². The van der Waals surface area contributed by atoms with Crippen LogP contribution in [0.25, 0.3) is 0 Å². The molecule has 0 saturated carbocycles. The Morgan fingerprint density at radius 1 is 0.789 bits per heavy atom. The highest BCUT2D eigenvalue weighted by Gasteiger charge is 2.11. The maximum absolute atomic E-state index is 11.4. The zero-order valence-corrected chi connectivity index (χ0v) is 25.6. The van der Waals surface area contributed by atoms with E-state index in [1.54, 1.807) is 12.1 Å². The minimum atomic E-state index is -0.865. The first-order valence-corrected chi connectivity index (χ1v) is 15.1. The Morgan fingerprint density at radius 3 is 1.66 bits per heavy atom. The zero-order chi connectivity index (χ0) is 29.2. The molecule has 5 nitrogen and oxygen atoms in total. The lowest BCUT2D eigenvalue weighted by Gasteiger charge is -2.08. The van der Waals surface area contributed by atoms with E-state index in [1.807, 2.05) is 39.8 Å². The Morgan fingerprint density at radius 2 is 1.29 bits per heavy atom. The molecular formula is C33H57NO4. The summed E-state index contributed by atoms with van der Waals surface area (Å²) in [4.78, 5) is 22.0. The van der Waals surface area contributed by atoms with Crippen LogP contribution in [0.15, 0.2) is 24.3 Å². The number of carbonyl (C=O) groups is 2. The molecule has 0 fully saturated rings. The van der Waals surface area contributed by atoms with Crippen molar-refractivity contribution >= 4 is 11.9 Å². The molecule has 0 saturated heterocycles. The summed E-state index contributed by atoms with van der Waals surface area (Å²) < 4.78 is 5.23. The van der Waals surface area contributed by atoms with E-state index in [9.17, 15) is 9.59 Å². The number of carboxylic acid groups (broad SMARTS) is 1. The normalized spacial score (nSPS) is 12.5. The summed E-state index contributed by atoms with van der Waals surface area (Å²) in [5, 5.41) is 16.8. The van der Waals surface area contributed by atoms with Crippen molar-refractivity contribution in [2.24, 2.45) is 11.8 Å². The summed E-state index contributed by atoms with van der Waals surface area (Å²) in [6, 6.07) is 9.20. The minimum Gasteiger partial charge on any atom is -0.478 e. The van der Waals surface area contributed by atoms with Crippen molar-refractivity contribution in [1.82, 2.24) is 0 Å². The van der Waals surface area contributed by atoms with E-state index < -0.39 is 5.97 Å². The largest absolute Gasteiger partial charge is 0.478 e. The summed E-state index contributed by atoms with van der Waals surface area (Å²) in [5.74, 6) is -0.0925. The number of ether oxygens (including phenoxy) is 1. The lowest BCUT2D eigenvalue weighted by molar-refractivity contribution is -0.148. The van der Waals surface area contributed by atoms with Gasteiger partial charge in [-0.15, -0.1) is 0 Å². The van der Waals surface area contributed by atoms with Crippen molar-refractivity contribution in [2.75, 3.05) is 6.61 Å². The van der Waals surface area contributed by atoms with Crippen LogP contribution in [0.3, 0.4) is 0 Å². The average Bonchev–Trinajstić information content (AvgIpc) is 2.95. The van der Waals surface area contributed by atoms with Crippen LogP contribution < -0.4 is 0 Å². The minimum absolute atomic E-state index is 0.0292. The SMILES string of the molecule is CCC(C)C#N.CCC(C)c1ccc(C(=O)O)cc1.CCCCCCCCCCCCOC(=O)C(C)CC. The quantitative estimate of drug-likeness (QED) is 0.160. The van der Waals surface area contributed by atoms with Crippen LogP contribution in [0.2, 0.25) is 0 Å². The van der Waals surface area contributed by atoms with Gasteiger partial charge >= 0.3 is 11.9 Å². The van der Waals surface area contributed by atoms with Gasteiger partial charge in [0, 0.05) is 5.92 Å². The molecule has 0 aliphatic carbocycles. The van der Waals surface area contributed by atoms with Gasteiger partial charge in [0.1, 0.15) is 0 Å². The van der Waals surface area contributed by atoms with Crippen LogP contribution in [0, 0.1) is 23.2 Å². The predicted octanol–water partition coefficient (Wildman–Crippen LogP) is 9.95. The standard InChI is InChI=1S/C17H34O2.C11H14O2.C5H9N/c1-4-6-7-8-9-10-11-12-13-14-15-19-17(18)16(3)5-2;1-3-8(2)9-4-6-10(7-5-9)11(12)13;1-3-5(2)4-6/h16H,4-15H2,1-3H3;4-8H,3H2,1-2H3,(H,12,13);5H,3H2,1-2H3. The van der Waals surface area contributed by atoms with E-state index in [-0.39, 0.29) is 17.8 Å². The fourth-order valence-electron chi connectivity index (χ4n) is 3.35. The van der Waals surface area contributed by atoms with Gasteiger partial charge in [-0.25, -0.2) is 4.79 Å². The molecule has 0 radical (unpaired) electrons. The first-order chi connectivity index (χ1) is 18.2. The first-order valence-electron chi connectivity index (χ1n) is 15.1. The number of hydrogen-bond acceptors (Lipinski definition) is 4. The molecule has 3 atom stereocenters. The number of hydrogen-bond donors (Lipinski definition) is 1. The van der Waals surface area contributed by atoms with Gasteiger partial charge in [0.25, 0.3) is 0 Å². The molecule has 1 aromatic rings. The van der Waals surface area contributed by atoms with Gasteiger partial charge in [-0.1, -0.05) is 111 Å². The second-order valence-corrected chi connectivity index (χ2v) is 10.3. The molecule has 3 unspecified atom stereocenters. The lowest BCUT2D eigenvalue weighted by atomic mass is 9.98. The molecule has 0 amide bonds. The Labute approximate surface area is 234 Å². The number of nitrogens with zero attached hydrogens (tertiary/aromatic N) is 1. The Kier molecular flexibility index (Phi) is 26.1. The Balaban J connectivity index is 0. The highest BCUT2D eigenvalue weighted by atomic mass is 16.5. The van der Waals surface area contributed by atoms with Crippen LogP contribution in [0.4, 0.5) is 0 Å². The molecule has 1 aromatic carbocycles. The van der Waals surface area contributed by atoms with Gasteiger partial charge in [-0.3, -0.25) is 4.79 Å². The lowest BCUT2D eigenvalue weighted by Crippen LogP contribution is -2.14. The number of esters is 1. The summed E-state index contributed by atoms with van der Waals surface area (Å²) in [5.41, 5.74) is 1.56. The van der Waals surface area contributed by atoms with Crippen LogP contribution >= 0.6 is 0 Å². The second kappa shape index (κ2) is 26.3. The van der Waals surface area contributed by atoms with E-state index in [0.29, 0.717) is 18.1 Å². The molecule has 1 N–H and O–H groups in total. The van der Waals surface area contributed by atoms with Crippen LogP contribution in [0.5, 0.6) is 0 Å². The third-order valence-electron chi connectivity index (χ3n) is 6.93. The predicted molar refractivity (Wildman–Crippen MR) is 159 cm³/mol. The van der Waals surface area contributed by atoms with E-state index in [1.165, 1.54) is 63.4 Å². The maximum atomic E-state index is 11.4. The van der Waals surface area contributed by atoms with Crippen LogP contribution in [0.1, 0.15) is 154 Å². The summed E-state index contributed by atoms with van der Waals surface area (Å²) in [6.07, 6.45) is 16.1. The van der Waals surface area contributed by atoms with Crippen molar-refractivity contribution < 1.29 is 19.4 Å². The fourth-order valence-corrected chi connectivity index (χ4v) is 3.35. The molecule has 0 aliphatic heterocycles. The van der Waals surface area contributed by atoms with E-state index >= 15 is 0 Å². The molecule has 0 spiro atoms. The number of carboxylic acids is 1. The Bertz CT molecular complexity index is 738. The third-order valence-corrected chi connectivity index (χ3v) is 6.93. The summed E-state index contributed by atoms with van der Waals surface area (Å²) in [7, 11) is 0. The molecule has 1 rings (SSSR count). The van der Waals surface area contributed by atoms with Gasteiger partial charge < -0.3 is 9.84 Å². The number of nitriles is 1. The molecule has 0 bridgehead atoms. The molecule has 0 aromatic heterocycles. The van der Waals surface area contributed by atoms with Crippen LogP contribution in [-0.4, -0.2) is 23.7 Å². The molecular weight excluding hydrogens is 474 g/mol. The maximum Gasteiger partial charge on any atom is 0.335 e. The molecule has 0 aliphatic rings. The molecule has 0 heterocycles. The number of unbranched alkanes of at least 4 members (excludes halogenated alkanes) is 9. The first kappa shape index (κ1) is 37.8. The van der Waals surface area contributed by atoms with Crippen molar-refractivity contribution in [1.29, 1.82) is 5.26 Å².